The summed E-state index contributed by atoms with van der Waals surface area (Å²) in [4.78, 5) is 17.3. The van der Waals surface area contributed by atoms with E-state index >= 15 is 0 Å². The zero-order valence-electron chi connectivity index (χ0n) is 12.9. The Hall–Kier alpha value is -3.40. The fraction of sp³-hybridized carbons (Fsp3) is 0. The molecule has 0 aliphatic carbocycles. The van der Waals surface area contributed by atoms with Gasteiger partial charge in [-0.05, 0) is 29.3 Å². The highest BCUT2D eigenvalue weighted by Crippen LogP contribution is 2.24. The van der Waals surface area contributed by atoms with Crippen LogP contribution in [0.25, 0.3) is 33.9 Å². The lowest BCUT2D eigenvalue weighted by molar-refractivity contribution is 1.07. The molecular weight excluding hydrogens is 296 g/mol. The zero-order valence-corrected chi connectivity index (χ0v) is 12.9. The highest BCUT2D eigenvalue weighted by atomic mass is 15.0. The van der Waals surface area contributed by atoms with Crippen LogP contribution in [0.4, 0.5) is 0 Å². The Morgan fingerprint density at radius 2 is 1.21 bits per heavy atom. The van der Waals surface area contributed by atoms with Crippen LogP contribution < -0.4 is 0 Å². The van der Waals surface area contributed by atoms with Crippen molar-refractivity contribution in [3.05, 3.63) is 85.5 Å². The highest BCUT2D eigenvalue weighted by molar-refractivity contribution is 5.70. The molecular formula is C20H14N4. The first-order valence-corrected chi connectivity index (χ1v) is 7.65. The van der Waals surface area contributed by atoms with Crippen LogP contribution in [0.2, 0.25) is 0 Å². The second-order valence-electron chi connectivity index (χ2n) is 5.32. The van der Waals surface area contributed by atoms with E-state index < -0.39 is 0 Å². The number of rotatable bonds is 3. The summed E-state index contributed by atoms with van der Waals surface area (Å²) in [7, 11) is 0. The van der Waals surface area contributed by atoms with Crippen molar-refractivity contribution in [1.82, 2.24) is 19.9 Å². The molecule has 0 aliphatic rings. The van der Waals surface area contributed by atoms with Crippen LogP contribution in [0.1, 0.15) is 0 Å². The molecule has 0 atom stereocenters. The highest BCUT2D eigenvalue weighted by Gasteiger charge is 2.07. The van der Waals surface area contributed by atoms with Gasteiger partial charge in [0.2, 0.25) is 0 Å². The molecule has 4 rings (SSSR count). The first-order valence-electron chi connectivity index (χ1n) is 7.65. The molecule has 0 fully saturated rings. The van der Waals surface area contributed by atoms with Crippen LogP contribution in [0.3, 0.4) is 0 Å². The van der Waals surface area contributed by atoms with E-state index in [0.29, 0.717) is 11.6 Å². The first kappa shape index (κ1) is 14.2. The summed E-state index contributed by atoms with van der Waals surface area (Å²) in [6, 6.07) is 22.1. The van der Waals surface area contributed by atoms with Gasteiger partial charge in [-0.2, -0.15) is 0 Å². The second kappa shape index (κ2) is 6.38. The minimum absolute atomic E-state index is 0.666. The van der Waals surface area contributed by atoms with Gasteiger partial charge >= 0.3 is 0 Å². The number of benzene rings is 2. The van der Waals surface area contributed by atoms with Crippen LogP contribution in [0.5, 0.6) is 0 Å². The molecule has 0 saturated heterocycles. The number of aromatic nitrogens is 4. The van der Waals surface area contributed by atoms with E-state index in [4.69, 9.17) is 0 Å². The van der Waals surface area contributed by atoms with Crippen molar-refractivity contribution in [2.24, 2.45) is 0 Å². The minimum Gasteiger partial charge on any atom is -0.265 e. The van der Waals surface area contributed by atoms with Gasteiger partial charge in [-0.15, -0.1) is 0 Å². The predicted octanol–water partition coefficient (Wildman–Crippen LogP) is 4.27. The van der Waals surface area contributed by atoms with Crippen LogP contribution in [-0.2, 0) is 0 Å². The van der Waals surface area contributed by atoms with Gasteiger partial charge in [0.25, 0.3) is 0 Å². The van der Waals surface area contributed by atoms with E-state index in [-0.39, 0.29) is 0 Å². The average molecular weight is 310 g/mol. The number of pyridine rings is 1. The molecule has 0 saturated carbocycles. The topological polar surface area (TPSA) is 51.6 Å². The van der Waals surface area contributed by atoms with Gasteiger partial charge in [0.05, 0.1) is 0 Å². The van der Waals surface area contributed by atoms with E-state index in [1.165, 1.54) is 0 Å². The molecule has 0 spiro atoms. The Labute approximate surface area is 139 Å². The first-order chi connectivity index (χ1) is 11.9. The van der Waals surface area contributed by atoms with Crippen molar-refractivity contribution in [2.45, 2.75) is 0 Å². The summed E-state index contributed by atoms with van der Waals surface area (Å²) in [5.74, 6) is 1.34. The molecule has 4 aromatic rings. The van der Waals surface area contributed by atoms with Gasteiger partial charge < -0.3 is 0 Å². The number of hydrogen-bond donors (Lipinski definition) is 0. The standard InChI is InChI=1S/C20H14N4/c1-2-5-16(6-3-1)19-22-14-23-20(24-19)18-8-4-7-17(13-18)15-9-11-21-12-10-15/h1-14H. The predicted molar refractivity (Wildman–Crippen MR) is 93.9 cm³/mol. The van der Waals surface area contributed by atoms with Gasteiger partial charge in [-0.1, -0.05) is 48.5 Å². The van der Waals surface area contributed by atoms with Gasteiger partial charge in [0.15, 0.2) is 11.6 Å². The maximum Gasteiger partial charge on any atom is 0.163 e. The monoisotopic (exact) mass is 310 g/mol. The number of nitrogens with zero attached hydrogens (tertiary/aromatic N) is 4. The Bertz CT molecular complexity index is 872. The lowest BCUT2D eigenvalue weighted by Crippen LogP contribution is -1.95. The molecule has 114 valence electrons. The summed E-state index contributed by atoms with van der Waals surface area (Å²) in [6.45, 7) is 0. The van der Waals surface area contributed by atoms with Crippen molar-refractivity contribution < 1.29 is 0 Å². The third kappa shape index (κ3) is 2.90. The normalized spacial score (nSPS) is 10.5. The van der Waals surface area contributed by atoms with Crippen molar-refractivity contribution in [2.75, 3.05) is 0 Å². The lowest BCUT2D eigenvalue weighted by Gasteiger charge is -2.06. The maximum absolute atomic E-state index is 4.61. The molecule has 0 bridgehead atoms. The van der Waals surface area contributed by atoms with E-state index in [0.717, 1.165) is 22.3 Å². The summed E-state index contributed by atoms with van der Waals surface area (Å²) in [5.41, 5.74) is 4.16. The van der Waals surface area contributed by atoms with Crippen molar-refractivity contribution in [3.63, 3.8) is 0 Å². The molecule has 0 amide bonds. The average Bonchev–Trinajstić information content (AvgIpc) is 2.70. The summed E-state index contributed by atoms with van der Waals surface area (Å²) in [6.07, 6.45) is 5.14. The van der Waals surface area contributed by atoms with Crippen LogP contribution >= 0.6 is 0 Å². The molecule has 2 heterocycles. The third-order valence-electron chi connectivity index (χ3n) is 3.74. The largest absolute Gasteiger partial charge is 0.265 e. The van der Waals surface area contributed by atoms with E-state index in [2.05, 4.69) is 32.1 Å². The van der Waals surface area contributed by atoms with Crippen molar-refractivity contribution in [1.29, 1.82) is 0 Å². The molecule has 0 N–H and O–H groups in total. The molecule has 0 radical (unpaired) electrons. The fourth-order valence-corrected chi connectivity index (χ4v) is 2.54. The molecule has 2 aromatic heterocycles. The quantitative estimate of drug-likeness (QED) is 0.567. The van der Waals surface area contributed by atoms with Gasteiger partial charge in [-0.25, -0.2) is 15.0 Å². The fourth-order valence-electron chi connectivity index (χ4n) is 2.54. The lowest BCUT2D eigenvalue weighted by atomic mass is 10.0. The third-order valence-corrected chi connectivity index (χ3v) is 3.74. The van der Waals surface area contributed by atoms with Gasteiger partial charge in [-0.3, -0.25) is 4.98 Å². The zero-order chi connectivity index (χ0) is 16.2. The Balaban J connectivity index is 1.75. The van der Waals surface area contributed by atoms with Crippen molar-refractivity contribution >= 4 is 0 Å². The van der Waals surface area contributed by atoms with E-state index in [9.17, 15) is 0 Å². The Kier molecular flexibility index (Phi) is 3.78. The van der Waals surface area contributed by atoms with Crippen LogP contribution in [-0.4, -0.2) is 19.9 Å². The second-order valence-corrected chi connectivity index (χ2v) is 5.32. The van der Waals surface area contributed by atoms with E-state index in [1.807, 2.05) is 54.6 Å². The SMILES string of the molecule is c1ccc(-c2ncnc(-c3cccc(-c4ccncc4)c3)n2)cc1. The Morgan fingerprint density at radius 1 is 0.542 bits per heavy atom. The summed E-state index contributed by atoms with van der Waals surface area (Å²) >= 11 is 0. The molecule has 2 aromatic carbocycles. The Morgan fingerprint density at radius 3 is 2.00 bits per heavy atom. The molecule has 4 nitrogen and oxygen atoms in total. The summed E-state index contributed by atoms with van der Waals surface area (Å²) < 4.78 is 0. The van der Waals surface area contributed by atoms with Crippen LogP contribution in [0.15, 0.2) is 85.5 Å². The number of hydrogen-bond acceptors (Lipinski definition) is 4. The molecule has 0 aliphatic heterocycles. The summed E-state index contributed by atoms with van der Waals surface area (Å²) in [5, 5.41) is 0. The minimum atomic E-state index is 0.666. The molecule has 4 heteroatoms. The van der Waals surface area contributed by atoms with Gasteiger partial charge in [0.1, 0.15) is 6.33 Å². The maximum atomic E-state index is 4.61. The molecule has 24 heavy (non-hydrogen) atoms. The van der Waals surface area contributed by atoms with E-state index in [1.54, 1.807) is 18.7 Å². The smallest absolute Gasteiger partial charge is 0.163 e. The molecule has 0 unspecified atom stereocenters. The van der Waals surface area contributed by atoms with Crippen LogP contribution in [0, 0.1) is 0 Å². The van der Waals surface area contributed by atoms with Gasteiger partial charge in [0, 0.05) is 23.5 Å². The van der Waals surface area contributed by atoms with Crippen molar-refractivity contribution in [3.8, 4) is 33.9 Å².